The number of halogens is 1. The van der Waals surface area contributed by atoms with Gasteiger partial charge < -0.3 is 15.0 Å². The van der Waals surface area contributed by atoms with Gasteiger partial charge in [-0.05, 0) is 36.8 Å². The zero-order chi connectivity index (χ0) is 18.4. The van der Waals surface area contributed by atoms with E-state index in [4.69, 9.17) is 4.74 Å². The molecule has 0 bridgehead atoms. The Bertz CT molecular complexity index is 777. The highest BCUT2D eigenvalue weighted by atomic mass is 19.1. The van der Waals surface area contributed by atoms with Crippen molar-refractivity contribution in [3.8, 4) is 0 Å². The summed E-state index contributed by atoms with van der Waals surface area (Å²) in [5.74, 6) is -0.923. The molecule has 1 unspecified atom stereocenters. The molecule has 1 amide bonds. The minimum Gasteiger partial charge on any atom is -0.465 e. The number of aryl methyl sites for hydroxylation is 1. The molecule has 2 aromatic carbocycles. The summed E-state index contributed by atoms with van der Waals surface area (Å²) < 4.78 is 17.9. The molecule has 2 aromatic rings. The number of quaternary nitrogens is 1. The van der Waals surface area contributed by atoms with E-state index in [1.54, 1.807) is 24.3 Å². The highest BCUT2D eigenvalue weighted by molar-refractivity contribution is 5.95. The van der Waals surface area contributed by atoms with Crippen LogP contribution >= 0.6 is 0 Å². The molecule has 0 saturated carbocycles. The minimum absolute atomic E-state index is 0.181. The van der Waals surface area contributed by atoms with E-state index in [-0.39, 0.29) is 18.3 Å². The van der Waals surface area contributed by atoms with Gasteiger partial charge in [-0.1, -0.05) is 18.2 Å². The van der Waals surface area contributed by atoms with Gasteiger partial charge >= 0.3 is 5.97 Å². The first kappa shape index (κ1) is 18.6. The highest BCUT2D eigenvalue weighted by Gasteiger charge is 2.14. The van der Waals surface area contributed by atoms with Crippen LogP contribution in [-0.2, 0) is 16.1 Å². The molecule has 5 nitrogen and oxygen atoms in total. The molecule has 0 aliphatic carbocycles. The molecule has 2 rings (SSSR count). The van der Waals surface area contributed by atoms with E-state index in [1.807, 2.05) is 20.0 Å². The van der Waals surface area contributed by atoms with Gasteiger partial charge in [-0.25, -0.2) is 9.18 Å². The predicted octanol–water partition coefficient (Wildman–Crippen LogP) is 1.57. The molecule has 0 aliphatic heterocycles. The summed E-state index contributed by atoms with van der Waals surface area (Å²) in [6, 6.07) is 11.3. The second-order valence-electron chi connectivity index (χ2n) is 6.01. The first-order valence-corrected chi connectivity index (χ1v) is 7.93. The van der Waals surface area contributed by atoms with Gasteiger partial charge in [-0.15, -0.1) is 0 Å². The molecule has 0 radical (unpaired) electrons. The van der Waals surface area contributed by atoms with Crippen molar-refractivity contribution in [1.29, 1.82) is 0 Å². The van der Waals surface area contributed by atoms with Gasteiger partial charge in [-0.2, -0.15) is 0 Å². The van der Waals surface area contributed by atoms with Gasteiger partial charge in [0, 0.05) is 11.3 Å². The largest absolute Gasteiger partial charge is 0.465 e. The second-order valence-corrected chi connectivity index (χ2v) is 6.01. The Kier molecular flexibility index (Phi) is 6.25. The summed E-state index contributed by atoms with van der Waals surface area (Å²) in [5.41, 5.74) is 2.63. The van der Waals surface area contributed by atoms with Gasteiger partial charge in [0.05, 0.1) is 19.7 Å². The maximum Gasteiger partial charge on any atom is 0.337 e. The van der Waals surface area contributed by atoms with Gasteiger partial charge in [0.25, 0.3) is 5.91 Å². The first-order valence-electron chi connectivity index (χ1n) is 7.93. The topological polar surface area (TPSA) is 59.8 Å². The Morgan fingerprint density at radius 3 is 2.64 bits per heavy atom. The van der Waals surface area contributed by atoms with E-state index in [0.717, 1.165) is 16.0 Å². The average Bonchev–Trinajstić information content (AvgIpc) is 2.55. The van der Waals surface area contributed by atoms with Crippen LogP contribution in [0.5, 0.6) is 0 Å². The number of nitrogens with one attached hydrogen (secondary N) is 2. The van der Waals surface area contributed by atoms with E-state index < -0.39 is 5.97 Å². The van der Waals surface area contributed by atoms with E-state index in [2.05, 4.69) is 5.32 Å². The van der Waals surface area contributed by atoms with Crippen molar-refractivity contribution in [3.63, 3.8) is 0 Å². The number of ether oxygens (including phenoxy) is 1. The number of carbonyl (C=O) groups excluding carboxylic acids is 2. The SMILES string of the molecule is COC(=O)c1ccc(C)c(NC(=O)C[NH+](C)Cc2cccc(F)c2)c1. The van der Waals surface area contributed by atoms with Crippen LogP contribution in [-0.4, -0.2) is 32.6 Å². The fraction of sp³-hybridized carbons (Fsp3) is 0.263. The van der Waals surface area contributed by atoms with Crippen molar-refractivity contribution in [2.24, 2.45) is 0 Å². The Labute approximate surface area is 146 Å². The smallest absolute Gasteiger partial charge is 0.337 e. The minimum atomic E-state index is -0.454. The van der Waals surface area contributed by atoms with Crippen molar-refractivity contribution >= 4 is 17.6 Å². The predicted molar refractivity (Wildman–Crippen MR) is 93.0 cm³/mol. The summed E-state index contributed by atoms with van der Waals surface area (Å²) in [4.78, 5) is 24.8. The van der Waals surface area contributed by atoms with Crippen molar-refractivity contribution in [2.45, 2.75) is 13.5 Å². The lowest BCUT2D eigenvalue weighted by Gasteiger charge is -2.15. The number of methoxy groups -OCH3 is 1. The molecule has 0 heterocycles. The van der Waals surface area contributed by atoms with Crippen LogP contribution in [0.2, 0.25) is 0 Å². The number of esters is 1. The Balaban J connectivity index is 1.98. The number of hydrogen-bond acceptors (Lipinski definition) is 3. The molecular formula is C19H22FN2O3+. The monoisotopic (exact) mass is 345 g/mol. The average molecular weight is 345 g/mol. The lowest BCUT2D eigenvalue weighted by Crippen LogP contribution is -3.08. The van der Waals surface area contributed by atoms with Crippen LogP contribution in [0.15, 0.2) is 42.5 Å². The molecule has 0 saturated heterocycles. The number of hydrogen-bond donors (Lipinski definition) is 2. The number of carbonyl (C=O) groups is 2. The van der Waals surface area contributed by atoms with Crippen LogP contribution in [0.4, 0.5) is 10.1 Å². The molecule has 0 fully saturated rings. The van der Waals surface area contributed by atoms with Gasteiger partial charge in [-0.3, -0.25) is 4.79 Å². The van der Waals surface area contributed by atoms with Crippen LogP contribution in [0.3, 0.4) is 0 Å². The summed E-state index contributed by atoms with van der Waals surface area (Å²) in [7, 11) is 3.17. The van der Waals surface area contributed by atoms with Crippen LogP contribution in [0, 0.1) is 12.7 Å². The third-order valence-corrected chi connectivity index (χ3v) is 3.79. The number of benzene rings is 2. The Hall–Kier alpha value is -2.73. The third-order valence-electron chi connectivity index (χ3n) is 3.79. The zero-order valence-electron chi connectivity index (χ0n) is 14.6. The van der Waals surface area contributed by atoms with E-state index >= 15 is 0 Å². The normalized spacial score (nSPS) is 11.7. The first-order chi connectivity index (χ1) is 11.9. The van der Waals surface area contributed by atoms with Gasteiger partial charge in [0.15, 0.2) is 6.54 Å². The number of rotatable bonds is 6. The fourth-order valence-corrected chi connectivity index (χ4v) is 2.53. The molecular weight excluding hydrogens is 323 g/mol. The maximum atomic E-state index is 13.2. The van der Waals surface area contributed by atoms with Crippen molar-refractivity contribution in [2.75, 3.05) is 26.0 Å². The molecule has 6 heteroatoms. The molecule has 132 valence electrons. The molecule has 25 heavy (non-hydrogen) atoms. The lowest BCUT2D eigenvalue weighted by atomic mass is 10.1. The van der Waals surface area contributed by atoms with E-state index in [1.165, 1.54) is 19.2 Å². The number of amides is 1. The van der Waals surface area contributed by atoms with Crippen molar-refractivity contribution in [1.82, 2.24) is 0 Å². The number of anilines is 1. The van der Waals surface area contributed by atoms with Gasteiger partial charge in [0.1, 0.15) is 12.4 Å². The Morgan fingerprint density at radius 1 is 1.20 bits per heavy atom. The van der Waals surface area contributed by atoms with Crippen molar-refractivity contribution in [3.05, 3.63) is 65.0 Å². The molecule has 1 atom stereocenters. The molecule has 0 aromatic heterocycles. The standard InChI is InChI=1S/C19H21FN2O3/c1-13-7-8-15(19(24)25-3)10-17(13)21-18(23)12-22(2)11-14-5-4-6-16(20)9-14/h4-10H,11-12H2,1-3H3,(H,21,23)/p+1. The van der Waals surface area contributed by atoms with Gasteiger partial charge in [0.2, 0.25) is 0 Å². The van der Waals surface area contributed by atoms with E-state index in [9.17, 15) is 14.0 Å². The maximum absolute atomic E-state index is 13.2. The van der Waals surface area contributed by atoms with Crippen LogP contribution in [0.25, 0.3) is 0 Å². The summed E-state index contributed by atoms with van der Waals surface area (Å²) >= 11 is 0. The third kappa shape index (κ3) is 5.39. The second kappa shape index (κ2) is 8.39. The lowest BCUT2D eigenvalue weighted by molar-refractivity contribution is -0.885. The Morgan fingerprint density at radius 2 is 1.96 bits per heavy atom. The van der Waals surface area contributed by atoms with Crippen LogP contribution < -0.4 is 10.2 Å². The van der Waals surface area contributed by atoms with E-state index in [0.29, 0.717) is 17.8 Å². The molecule has 2 N–H and O–H groups in total. The molecule has 0 aliphatic rings. The molecule has 0 spiro atoms. The van der Waals surface area contributed by atoms with Crippen molar-refractivity contribution < 1.29 is 23.6 Å². The fourth-order valence-electron chi connectivity index (χ4n) is 2.53. The number of likely N-dealkylation sites (N-methyl/N-ethyl adjacent to an activating group) is 1. The highest BCUT2D eigenvalue weighted by Crippen LogP contribution is 2.17. The zero-order valence-corrected chi connectivity index (χ0v) is 14.6. The summed E-state index contributed by atoms with van der Waals surface area (Å²) in [6.07, 6.45) is 0. The quantitative estimate of drug-likeness (QED) is 0.782. The van der Waals surface area contributed by atoms with Crippen LogP contribution in [0.1, 0.15) is 21.5 Å². The summed E-state index contributed by atoms with van der Waals surface area (Å²) in [5, 5.41) is 2.82. The summed E-state index contributed by atoms with van der Waals surface area (Å²) in [6.45, 7) is 2.60.